The second-order valence-electron chi connectivity index (χ2n) is 6.13. The molecule has 0 aliphatic heterocycles. The molecule has 0 aromatic heterocycles. The Bertz CT molecular complexity index is 203. The summed E-state index contributed by atoms with van der Waals surface area (Å²) in [6.07, 6.45) is 5.85. The standard InChI is InChI=1S/C15H32N2S/c1-13(2)8-11-17(12-9-14(3)4)10-6-5-7-15(16)18/h13-14H,5-12H2,1-4H3,(H2,16,18). The molecule has 0 unspecified atom stereocenters. The summed E-state index contributed by atoms with van der Waals surface area (Å²) in [5, 5.41) is 0. The molecule has 2 nitrogen and oxygen atoms in total. The Hall–Kier alpha value is -0.150. The quantitative estimate of drug-likeness (QED) is 0.458. The van der Waals surface area contributed by atoms with E-state index in [1.807, 2.05) is 0 Å². The number of unbranched alkanes of at least 4 members (excludes halogenated alkanes) is 1. The summed E-state index contributed by atoms with van der Waals surface area (Å²) in [6.45, 7) is 12.9. The molecule has 0 heterocycles. The van der Waals surface area contributed by atoms with Gasteiger partial charge in [-0.05, 0) is 63.6 Å². The van der Waals surface area contributed by atoms with Crippen LogP contribution in [0.2, 0.25) is 0 Å². The van der Waals surface area contributed by atoms with Crippen LogP contribution in [-0.4, -0.2) is 29.5 Å². The first-order valence-electron chi connectivity index (χ1n) is 7.42. The van der Waals surface area contributed by atoms with E-state index >= 15 is 0 Å². The van der Waals surface area contributed by atoms with Crippen LogP contribution in [0.3, 0.4) is 0 Å². The Morgan fingerprint density at radius 3 is 1.83 bits per heavy atom. The van der Waals surface area contributed by atoms with E-state index in [2.05, 4.69) is 32.6 Å². The Morgan fingerprint density at radius 2 is 1.44 bits per heavy atom. The van der Waals surface area contributed by atoms with Gasteiger partial charge in [0, 0.05) is 0 Å². The summed E-state index contributed by atoms with van der Waals surface area (Å²) in [4.78, 5) is 3.27. The molecule has 0 radical (unpaired) electrons. The molecule has 0 aromatic carbocycles. The van der Waals surface area contributed by atoms with Crippen LogP contribution in [0.5, 0.6) is 0 Å². The van der Waals surface area contributed by atoms with Gasteiger partial charge < -0.3 is 10.6 Å². The van der Waals surface area contributed by atoms with Crippen molar-refractivity contribution in [3.05, 3.63) is 0 Å². The maximum atomic E-state index is 5.52. The van der Waals surface area contributed by atoms with Crippen molar-refractivity contribution in [2.45, 2.75) is 59.8 Å². The zero-order valence-electron chi connectivity index (χ0n) is 12.7. The maximum Gasteiger partial charge on any atom is 0.0727 e. The van der Waals surface area contributed by atoms with Crippen LogP contribution in [-0.2, 0) is 0 Å². The topological polar surface area (TPSA) is 29.3 Å². The number of nitrogens with zero attached hydrogens (tertiary/aromatic N) is 1. The molecule has 0 bridgehead atoms. The average Bonchev–Trinajstić information content (AvgIpc) is 2.25. The fourth-order valence-electron chi connectivity index (χ4n) is 1.85. The van der Waals surface area contributed by atoms with E-state index in [4.69, 9.17) is 18.0 Å². The maximum absolute atomic E-state index is 5.52. The van der Waals surface area contributed by atoms with Gasteiger partial charge in [-0.3, -0.25) is 0 Å². The van der Waals surface area contributed by atoms with Crippen LogP contribution in [0.15, 0.2) is 0 Å². The molecule has 0 aromatic rings. The van der Waals surface area contributed by atoms with Crippen molar-refractivity contribution in [2.75, 3.05) is 19.6 Å². The van der Waals surface area contributed by atoms with E-state index in [1.165, 1.54) is 38.9 Å². The molecular formula is C15H32N2S. The van der Waals surface area contributed by atoms with Crippen LogP contribution in [0, 0.1) is 11.8 Å². The Labute approximate surface area is 119 Å². The van der Waals surface area contributed by atoms with Gasteiger partial charge in [-0.25, -0.2) is 0 Å². The summed E-state index contributed by atoms with van der Waals surface area (Å²) in [5.41, 5.74) is 5.52. The van der Waals surface area contributed by atoms with Gasteiger partial charge in [-0.2, -0.15) is 0 Å². The predicted molar refractivity (Wildman–Crippen MR) is 86.0 cm³/mol. The van der Waals surface area contributed by atoms with Crippen molar-refractivity contribution in [2.24, 2.45) is 17.6 Å². The highest BCUT2D eigenvalue weighted by Gasteiger charge is 2.07. The molecule has 0 rings (SSSR count). The highest BCUT2D eigenvalue weighted by Crippen LogP contribution is 2.08. The van der Waals surface area contributed by atoms with Gasteiger partial charge >= 0.3 is 0 Å². The minimum atomic E-state index is 0.658. The zero-order chi connectivity index (χ0) is 14.0. The number of rotatable bonds is 11. The van der Waals surface area contributed by atoms with Crippen LogP contribution in [0.4, 0.5) is 0 Å². The summed E-state index contributed by atoms with van der Waals surface area (Å²) < 4.78 is 0. The number of hydrogen-bond acceptors (Lipinski definition) is 2. The second kappa shape index (κ2) is 10.7. The van der Waals surface area contributed by atoms with Crippen molar-refractivity contribution in [3.63, 3.8) is 0 Å². The van der Waals surface area contributed by atoms with Gasteiger partial charge in [0.25, 0.3) is 0 Å². The molecule has 0 aliphatic carbocycles. The van der Waals surface area contributed by atoms with E-state index in [9.17, 15) is 0 Å². The molecule has 0 aliphatic rings. The van der Waals surface area contributed by atoms with Gasteiger partial charge in [0.2, 0.25) is 0 Å². The zero-order valence-corrected chi connectivity index (χ0v) is 13.6. The molecule has 18 heavy (non-hydrogen) atoms. The number of hydrogen-bond donors (Lipinski definition) is 1. The molecular weight excluding hydrogens is 240 g/mol. The van der Waals surface area contributed by atoms with Crippen molar-refractivity contribution >= 4 is 17.2 Å². The number of thiocarbonyl (C=S) groups is 1. The van der Waals surface area contributed by atoms with Gasteiger partial charge in [0.05, 0.1) is 4.99 Å². The van der Waals surface area contributed by atoms with Crippen LogP contribution < -0.4 is 5.73 Å². The molecule has 3 heteroatoms. The lowest BCUT2D eigenvalue weighted by Crippen LogP contribution is -2.29. The summed E-state index contributed by atoms with van der Waals surface area (Å²) >= 11 is 4.91. The van der Waals surface area contributed by atoms with Crippen LogP contribution in [0.25, 0.3) is 0 Å². The Morgan fingerprint density at radius 1 is 0.944 bits per heavy atom. The van der Waals surface area contributed by atoms with Gasteiger partial charge in [0.15, 0.2) is 0 Å². The second-order valence-corrected chi connectivity index (χ2v) is 6.65. The van der Waals surface area contributed by atoms with Crippen LogP contribution >= 0.6 is 12.2 Å². The molecule has 0 atom stereocenters. The van der Waals surface area contributed by atoms with Gasteiger partial charge in [0.1, 0.15) is 0 Å². The molecule has 0 saturated heterocycles. The third kappa shape index (κ3) is 12.3. The fraction of sp³-hybridized carbons (Fsp3) is 0.933. The first-order valence-corrected chi connectivity index (χ1v) is 7.83. The first kappa shape index (κ1) is 17.8. The lowest BCUT2D eigenvalue weighted by Gasteiger charge is -2.24. The van der Waals surface area contributed by atoms with E-state index in [-0.39, 0.29) is 0 Å². The van der Waals surface area contributed by atoms with Gasteiger partial charge in [-0.15, -0.1) is 0 Å². The van der Waals surface area contributed by atoms with Crippen molar-refractivity contribution in [1.82, 2.24) is 4.90 Å². The summed E-state index contributed by atoms with van der Waals surface area (Å²) in [7, 11) is 0. The number of nitrogens with two attached hydrogens (primary N) is 1. The van der Waals surface area contributed by atoms with Gasteiger partial charge in [-0.1, -0.05) is 39.9 Å². The molecule has 108 valence electrons. The molecule has 0 spiro atoms. The summed E-state index contributed by atoms with van der Waals surface area (Å²) in [5.74, 6) is 1.59. The third-order valence-electron chi connectivity index (χ3n) is 3.19. The van der Waals surface area contributed by atoms with E-state index in [0.29, 0.717) is 4.99 Å². The van der Waals surface area contributed by atoms with Crippen molar-refractivity contribution in [1.29, 1.82) is 0 Å². The normalized spacial score (nSPS) is 11.7. The largest absolute Gasteiger partial charge is 0.393 e. The minimum Gasteiger partial charge on any atom is -0.393 e. The van der Waals surface area contributed by atoms with Crippen LogP contribution in [0.1, 0.15) is 59.8 Å². The van der Waals surface area contributed by atoms with Crippen molar-refractivity contribution in [3.8, 4) is 0 Å². The smallest absolute Gasteiger partial charge is 0.0727 e. The minimum absolute atomic E-state index is 0.658. The predicted octanol–water partition coefficient (Wildman–Crippen LogP) is 3.84. The fourth-order valence-corrected chi connectivity index (χ4v) is 2.00. The lowest BCUT2D eigenvalue weighted by molar-refractivity contribution is 0.239. The molecule has 0 fully saturated rings. The van der Waals surface area contributed by atoms with Crippen molar-refractivity contribution < 1.29 is 0 Å². The molecule has 0 saturated carbocycles. The average molecular weight is 273 g/mol. The lowest BCUT2D eigenvalue weighted by atomic mass is 10.1. The first-order chi connectivity index (χ1) is 8.41. The Kier molecular flexibility index (Phi) is 10.7. The molecule has 0 amide bonds. The van der Waals surface area contributed by atoms with E-state index < -0.39 is 0 Å². The molecule has 2 N–H and O–H groups in total. The monoisotopic (exact) mass is 272 g/mol. The SMILES string of the molecule is CC(C)CCN(CCCCC(N)=S)CCC(C)C. The highest BCUT2D eigenvalue weighted by atomic mass is 32.1. The van der Waals surface area contributed by atoms with E-state index in [0.717, 1.165) is 24.7 Å². The Balaban J connectivity index is 3.84. The van der Waals surface area contributed by atoms with E-state index in [1.54, 1.807) is 0 Å². The highest BCUT2D eigenvalue weighted by molar-refractivity contribution is 7.80. The third-order valence-corrected chi connectivity index (χ3v) is 3.40. The summed E-state index contributed by atoms with van der Waals surface area (Å²) in [6, 6.07) is 0.